The number of rotatable bonds is 6. The van der Waals surface area contributed by atoms with Crippen LogP contribution in [0, 0.1) is 12.8 Å². The summed E-state index contributed by atoms with van der Waals surface area (Å²) in [6.07, 6.45) is 1.17. The van der Waals surface area contributed by atoms with Crippen LogP contribution >= 0.6 is 0 Å². The molecule has 4 rings (SSSR count). The molecule has 1 fully saturated rings. The summed E-state index contributed by atoms with van der Waals surface area (Å²) >= 11 is 0. The van der Waals surface area contributed by atoms with Crippen LogP contribution < -0.4 is 10.6 Å². The number of aryl methyl sites for hydroxylation is 1. The number of anilines is 1. The lowest BCUT2D eigenvalue weighted by Gasteiger charge is -2.37. The molecule has 0 saturated carbocycles. The second-order valence-corrected chi connectivity index (χ2v) is 7.87. The Bertz CT molecular complexity index is 927. The Balaban J connectivity index is 1.52. The topological polar surface area (TPSA) is 87.7 Å². The molecule has 2 aliphatic rings. The highest BCUT2D eigenvalue weighted by Crippen LogP contribution is 2.50. The number of ether oxygens (including phenoxy) is 1. The summed E-state index contributed by atoms with van der Waals surface area (Å²) in [6, 6.07) is 14.8. The van der Waals surface area contributed by atoms with Crippen LogP contribution in [0.15, 0.2) is 42.5 Å². The fourth-order valence-corrected chi connectivity index (χ4v) is 4.38. The first-order chi connectivity index (χ1) is 14.0. The molecule has 3 unspecified atom stereocenters. The zero-order valence-electron chi connectivity index (χ0n) is 16.5. The minimum Gasteiger partial charge on any atom is -0.481 e. The molecule has 2 aliphatic heterocycles. The Hall–Kier alpha value is -2.86. The van der Waals surface area contributed by atoms with Crippen molar-refractivity contribution in [3.05, 3.63) is 64.7 Å². The Kier molecular flexibility index (Phi) is 5.53. The molecule has 3 atom stereocenters. The number of hydrogen-bond acceptors (Lipinski definition) is 4. The van der Waals surface area contributed by atoms with Crippen molar-refractivity contribution in [1.29, 1.82) is 0 Å². The smallest absolute Gasteiger partial charge is 0.305 e. The first-order valence-electron chi connectivity index (χ1n) is 10.1. The number of carbonyl (C=O) groups excluding carboxylic acids is 1. The first-order valence-corrected chi connectivity index (χ1v) is 10.1. The number of hydrogen-bond donors (Lipinski definition) is 3. The van der Waals surface area contributed by atoms with Gasteiger partial charge in [-0.1, -0.05) is 42.0 Å². The van der Waals surface area contributed by atoms with Gasteiger partial charge in [0.05, 0.1) is 25.0 Å². The van der Waals surface area contributed by atoms with Crippen molar-refractivity contribution in [3.8, 4) is 0 Å². The van der Waals surface area contributed by atoms with Crippen molar-refractivity contribution < 1.29 is 19.4 Å². The van der Waals surface area contributed by atoms with Crippen molar-refractivity contribution >= 4 is 17.6 Å². The van der Waals surface area contributed by atoms with E-state index in [1.54, 1.807) is 0 Å². The van der Waals surface area contributed by atoms with Gasteiger partial charge in [0.25, 0.3) is 0 Å². The molecule has 152 valence electrons. The third-order valence-corrected chi connectivity index (χ3v) is 5.73. The summed E-state index contributed by atoms with van der Waals surface area (Å²) in [6.45, 7) is 2.99. The van der Waals surface area contributed by atoms with Crippen LogP contribution in [0.3, 0.4) is 0 Å². The Morgan fingerprint density at radius 2 is 2.10 bits per heavy atom. The lowest BCUT2D eigenvalue weighted by Crippen LogP contribution is -2.30. The van der Waals surface area contributed by atoms with Gasteiger partial charge in [-0.05, 0) is 30.5 Å². The lowest BCUT2D eigenvalue weighted by molar-refractivity contribution is -0.136. The van der Waals surface area contributed by atoms with Crippen molar-refractivity contribution in [3.63, 3.8) is 0 Å². The van der Waals surface area contributed by atoms with Crippen LogP contribution in [-0.2, 0) is 20.7 Å². The van der Waals surface area contributed by atoms with E-state index in [-0.39, 0.29) is 37.4 Å². The SMILES string of the molecule is Cc1cccc(C2Nc3ccc(CC(=O)NCCC(=O)O)cc3C3OCCC23)c1. The van der Waals surface area contributed by atoms with Gasteiger partial charge >= 0.3 is 5.97 Å². The van der Waals surface area contributed by atoms with Gasteiger partial charge in [-0.2, -0.15) is 0 Å². The fourth-order valence-electron chi connectivity index (χ4n) is 4.38. The molecule has 0 aliphatic carbocycles. The summed E-state index contributed by atoms with van der Waals surface area (Å²) in [4.78, 5) is 22.7. The van der Waals surface area contributed by atoms with Crippen molar-refractivity contribution in [2.24, 2.45) is 5.92 Å². The van der Waals surface area contributed by atoms with Gasteiger partial charge in [0.1, 0.15) is 0 Å². The fraction of sp³-hybridized carbons (Fsp3) is 0.391. The molecule has 2 aromatic carbocycles. The van der Waals surface area contributed by atoms with Crippen LogP contribution in [0.25, 0.3) is 0 Å². The van der Waals surface area contributed by atoms with Gasteiger partial charge in [0.2, 0.25) is 5.91 Å². The number of amides is 1. The predicted molar refractivity (Wildman–Crippen MR) is 110 cm³/mol. The highest BCUT2D eigenvalue weighted by Gasteiger charge is 2.41. The van der Waals surface area contributed by atoms with Gasteiger partial charge in [-0.3, -0.25) is 9.59 Å². The summed E-state index contributed by atoms with van der Waals surface area (Å²) < 4.78 is 6.11. The van der Waals surface area contributed by atoms with Crippen molar-refractivity contribution in [2.75, 3.05) is 18.5 Å². The highest BCUT2D eigenvalue weighted by molar-refractivity contribution is 5.79. The number of benzene rings is 2. The number of carbonyl (C=O) groups is 2. The molecular formula is C23H26N2O4. The van der Waals surface area contributed by atoms with Gasteiger partial charge in [0.15, 0.2) is 0 Å². The summed E-state index contributed by atoms with van der Waals surface area (Å²) in [5, 5.41) is 15.0. The second kappa shape index (κ2) is 8.25. The minimum atomic E-state index is -0.919. The van der Waals surface area contributed by atoms with E-state index in [9.17, 15) is 9.59 Å². The van der Waals surface area contributed by atoms with E-state index in [0.717, 1.165) is 29.8 Å². The molecule has 6 heteroatoms. The quantitative estimate of drug-likeness (QED) is 0.699. The van der Waals surface area contributed by atoms with Gasteiger partial charge in [-0.25, -0.2) is 0 Å². The second-order valence-electron chi connectivity index (χ2n) is 7.87. The average molecular weight is 394 g/mol. The normalized spacial score (nSPS) is 22.3. The molecule has 1 amide bonds. The van der Waals surface area contributed by atoms with Crippen LogP contribution in [0.2, 0.25) is 0 Å². The maximum absolute atomic E-state index is 12.1. The van der Waals surface area contributed by atoms with E-state index >= 15 is 0 Å². The summed E-state index contributed by atoms with van der Waals surface area (Å²) in [7, 11) is 0. The molecule has 6 nitrogen and oxygen atoms in total. The first kappa shape index (κ1) is 19.5. The third kappa shape index (κ3) is 4.27. The number of fused-ring (bicyclic) bond motifs is 3. The zero-order chi connectivity index (χ0) is 20.4. The number of carboxylic acids is 1. The van der Waals surface area contributed by atoms with Gasteiger partial charge in [-0.15, -0.1) is 0 Å². The molecule has 1 saturated heterocycles. The molecule has 0 radical (unpaired) electrons. The number of nitrogens with one attached hydrogen (secondary N) is 2. The molecule has 3 N–H and O–H groups in total. The molecule has 0 spiro atoms. The average Bonchev–Trinajstić information content (AvgIpc) is 3.17. The van der Waals surface area contributed by atoms with E-state index in [2.05, 4.69) is 47.9 Å². The molecule has 29 heavy (non-hydrogen) atoms. The summed E-state index contributed by atoms with van der Waals surface area (Å²) in [5.41, 5.74) is 5.58. The van der Waals surface area contributed by atoms with Gasteiger partial charge in [0, 0.05) is 30.3 Å². The number of carboxylic acid groups (broad SMARTS) is 1. The zero-order valence-corrected chi connectivity index (χ0v) is 16.5. The Morgan fingerprint density at radius 1 is 1.24 bits per heavy atom. The van der Waals surface area contributed by atoms with E-state index in [1.165, 1.54) is 11.1 Å². The minimum absolute atomic E-state index is 0.0202. The maximum Gasteiger partial charge on any atom is 0.305 e. The van der Waals surface area contributed by atoms with Crippen molar-refractivity contribution in [1.82, 2.24) is 5.32 Å². The maximum atomic E-state index is 12.1. The molecular weight excluding hydrogens is 368 g/mol. The monoisotopic (exact) mass is 394 g/mol. The van der Waals surface area contributed by atoms with Gasteiger partial charge < -0.3 is 20.5 Å². The van der Waals surface area contributed by atoms with Crippen LogP contribution in [0.1, 0.15) is 47.2 Å². The summed E-state index contributed by atoms with van der Waals surface area (Å²) in [5.74, 6) is -0.738. The molecule has 2 heterocycles. The lowest BCUT2D eigenvalue weighted by atomic mass is 9.80. The highest BCUT2D eigenvalue weighted by atomic mass is 16.5. The molecule has 0 bridgehead atoms. The van der Waals surface area contributed by atoms with Crippen LogP contribution in [-0.4, -0.2) is 30.1 Å². The van der Waals surface area contributed by atoms with Crippen LogP contribution in [0.5, 0.6) is 0 Å². The van der Waals surface area contributed by atoms with E-state index in [4.69, 9.17) is 9.84 Å². The predicted octanol–water partition coefficient (Wildman–Crippen LogP) is 3.37. The van der Waals surface area contributed by atoms with Crippen molar-refractivity contribution in [2.45, 2.75) is 38.3 Å². The molecule has 2 aromatic rings. The Labute approximate surface area is 170 Å². The Morgan fingerprint density at radius 3 is 2.90 bits per heavy atom. The standard InChI is InChI=1S/C23H26N2O4/c1-14-3-2-4-16(11-14)22-17-8-10-29-23(17)18-12-15(5-6-19(18)25-22)13-20(26)24-9-7-21(27)28/h2-6,11-12,17,22-23,25H,7-10,13H2,1H3,(H,24,26)(H,27,28). The van der Waals surface area contributed by atoms with E-state index in [1.807, 2.05) is 12.1 Å². The van der Waals surface area contributed by atoms with E-state index < -0.39 is 5.97 Å². The third-order valence-electron chi connectivity index (χ3n) is 5.73. The number of aliphatic carboxylic acids is 1. The van der Waals surface area contributed by atoms with E-state index in [0.29, 0.717) is 5.92 Å². The van der Waals surface area contributed by atoms with Crippen LogP contribution in [0.4, 0.5) is 5.69 Å². The largest absolute Gasteiger partial charge is 0.481 e. The molecule has 0 aromatic heterocycles.